The highest BCUT2D eigenvalue weighted by atomic mass is 35.5. The molecule has 0 aliphatic heterocycles. The van der Waals surface area contributed by atoms with Gasteiger partial charge in [0.25, 0.3) is 0 Å². The first-order chi connectivity index (χ1) is 15.3. The van der Waals surface area contributed by atoms with Crippen molar-refractivity contribution in [3.8, 4) is 16.9 Å². The molecule has 4 rings (SSSR count). The molecule has 2 heterocycles. The van der Waals surface area contributed by atoms with Gasteiger partial charge in [-0.3, -0.25) is 4.99 Å². The predicted octanol–water partition coefficient (Wildman–Crippen LogP) is 5.83. The van der Waals surface area contributed by atoms with Crippen LogP contribution in [0.2, 0.25) is 5.15 Å². The number of nitrogens with zero attached hydrogens (tertiary/aromatic N) is 5. The maximum Gasteiger partial charge on any atom is 0.206 e. The van der Waals surface area contributed by atoms with Crippen LogP contribution in [-0.4, -0.2) is 26.7 Å². The third kappa shape index (κ3) is 4.56. The van der Waals surface area contributed by atoms with E-state index in [1.165, 1.54) is 40.3 Å². The molecule has 0 aliphatic rings. The second kappa shape index (κ2) is 9.18. The van der Waals surface area contributed by atoms with Gasteiger partial charge in [-0.15, -0.1) is 11.3 Å². The summed E-state index contributed by atoms with van der Waals surface area (Å²) in [5.74, 6) is -0.638. The van der Waals surface area contributed by atoms with Crippen molar-refractivity contribution in [2.45, 2.75) is 26.8 Å². The quantitative estimate of drug-likeness (QED) is 0.337. The smallest absolute Gasteiger partial charge is 0.206 e. The third-order valence-electron chi connectivity index (χ3n) is 4.62. The first-order valence-corrected chi connectivity index (χ1v) is 11.1. The Morgan fingerprint density at radius 2 is 1.66 bits per heavy atom. The van der Waals surface area contributed by atoms with Gasteiger partial charge in [-0.05, 0) is 69.3 Å². The molecule has 0 saturated heterocycles. The number of hydrogen-bond donors (Lipinski definition) is 0. The zero-order chi connectivity index (χ0) is 22.8. The van der Waals surface area contributed by atoms with Gasteiger partial charge in [0.05, 0.1) is 28.9 Å². The van der Waals surface area contributed by atoms with Crippen molar-refractivity contribution in [1.82, 2.24) is 14.5 Å². The molecule has 32 heavy (non-hydrogen) atoms. The first kappa shape index (κ1) is 22.1. The topological polar surface area (TPSA) is 47.5 Å². The van der Waals surface area contributed by atoms with Crippen molar-refractivity contribution in [3.63, 3.8) is 0 Å². The number of halogens is 3. The van der Waals surface area contributed by atoms with E-state index in [2.05, 4.69) is 15.2 Å². The van der Waals surface area contributed by atoms with Crippen LogP contribution in [0.3, 0.4) is 0 Å². The summed E-state index contributed by atoms with van der Waals surface area (Å²) in [6.07, 6.45) is 1.63. The number of aryl methyl sites for hydroxylation is 1. The monoisotopic (exact) mass is 471 g/mol. The zero-order valence-electron chi connectivity index (χ0n) is 17.6. The molecule has 5 nitrogen and oxygen atoms in total. The molecule has 2 aromatic carbocycles. The maximum atomic E-state index is 13.4. The van der Waals surface area contributed by atoms with Crippen molar-refractivity contribution in [2.75, 3.05) is 0 Å². The van der Waals surface area contributed by atoms with Crippen LogP contribution in [0, 0.1) is 18.6 Å². The summed E-state index contributed by atoms with van der Waals surface area (Å²) in [5, 5.41) is 11.4. The molecule has 0 fully saturated rings. The van der Waals surface area contributed by atoms with Crippen LogP contribution in [0.25, 0.3) is 16.9 Å². The second-order valence-electron chi connectivity index (χ2n) is 7.37. The average Bonchev–Trinajstić information content (AvgIpc) is 3.27. The highest BCUT2D eigenvalue weighted by molar-refractivity contribution is 7.07. The largest absolute Gasteiger partial charge is 0.255 e. The molecule has 0 atom stereocenters. The van der Waals surface area contributed by atoms with Crippen molar-refractivity contribution >= 4 is 29.2 Å². The molecule has 0 amide bonds. The van der Waals surface area contributed by atoms with Crippen LogP contribution < -0.4 is 4.80 Å². The molecule has 164 valence electrons. The molecule has 9 heteroatoms. The molecule has 0 saturated carbocycles. The van der Waals surface area contributed by atoms with Crippen molar-refractivity contribution < 1.29 is 8.78 Å². The van der Waals surface area contributed by atoms with Gasteiger partial charge in [0.1, 0.15) is 16.8 Å². The van der Waals surface area contributed by atoms with E-state index >= 15 is 0 Å². The standard InChI is InChI=1S/C23H20ClF2N5S/c1-14(2)28-23-31(21(13-32-23)16-4-6-17(25)7-5-16)27-12-20-15(3)29-30(22(20)24)19-10-8-18(26)9-11-19/h4-14H,1-3H3/b27-12+,28-23?. The Labute approximate surface area is 192 Å². The lowest BCUT2D eigenvalue weighted by Gasteiger charge is -2.04. The highest BCUT2D eigenvalue weighted by Crippen LogP contribution is 2.24. The van der Waals surface area contributed by atoms with Gasteiger partial charge in [0.15, 0.2) is 0 Å². The maximum absolute atomic E-state index is 13.4. The van der Waals surface area contributed by atoms with Gasteiger partial charge >= 0.3 is 0 Å². The number of rotatable bonds is 5. The molecule has 2 aromatic heterocycles. The SMILES string of the molecule is Cc1nn(-c2ccc(F)cc2)c(Cl)c1/C=N/n1c(-c2ccc(F)cc2)csc1=NC(C)C. The molecule has 0 radical (unpaired) electrons. The Morgan fingerprint density at radius 3 is 2.28 bits per heavy atom. The number of aromatic nitrogens is 3. The van der Waals surface area contributed by atoms with Gasteiger partial charge in [-0.2, -0.15) is 10.2 Å². The van der Waals surface area contributed by atoms with Crippen molar-refractivity contribution in [1.29, 1.82) is 0 Å². The number of hydrogen-bond acceptors (Lipinski definition) is 4. The van der Waals surface area contributed by atoms with Crippen LogP contribution in [0.15, 0.2) is 64.0 Å². The Hall–Kier alpha value is -3.10. The predicted molar refractivity (Wildman–Crippen MR) is 125 cm³/mol. The van der Waals surface area contributed by atoms with E-state index in [0.29, 0.717) is 26.9 Å². The van der Waals surface area contributed by atoms with Gasteiger partial charge in [0.2, 0.25) is 4.80 Å². The van der Waals surface area contributed by atoms with Gasteiger partial charge < -0.3 is 0 Å². The Balaban J connectivity index is 1.79. The Bertz CT molecular complexity index is 1330. The van der Waals surface area contributed by atoms with Crippen molar-refractivity contribution in [2.24, 2.45) is 10.1 Å². The number of thiazole rings is 1. The molecule has 4 aromatic rings. The first-order valence-electron chi connectivity index (χ1n) is 9.89. The summed E-state index contributed by atoms with van der Waals surface area (Å²) in [7, 11) is 0. The molecule has 0 aliphatic carbocycles. The molecular formula is C23H20ClF2N5S. The summed E-state index contributed by atoms with van der Waals surface area (Å²) in [6, 6.07) is 12.2. The lowest BCUT2D eigenvalue weighted by Crippen LogP contribution is -2.14. The van der Waals surface area contributed by atoms with E-state index in [4.69, 9.17) is 11.6 Å². The van der Waals surface area contributed by atoms with E-state index in [1.807, 2.05) is 26.2 Å². The van der Waals surface area contributed by atoms with E-state index < -0.39 is 0 Å². The lowest BCUT2D eigenvalue weighted by molar-refractivity contribution is 0.627. The minimum absolute atomic E-state index is 0.0720. The van der Waals surface area contributed by atoms with E-state index in [-0.39, 0.29) is 17.7 Å². The number of benzene rings is 2. The van der Waals surface area contributed by atoms with Gasteiger partial charge in [-0.1, -0.05) is 11.6 Å². The average molecular weight is 472 g/mol. The van der Waals surface area contributed by atoms with Crippen LogP contribution in [-0.2, 0) is 0 Å². The fourth-order valence-corrected chi connectivity index (χ4v) is 4.36. The van der Waals surface area contributed by atoms with E-state index in [1.54, 1.807) is 35.2 Å². The molecule has 0 spiro atoms. The van der Waals surface area contributed by atoms with Gasteiger partial charge in [-0.25, -0.2) is 18.1 Å². The molecular weight excluding hydrogens is 452 g/mol. The molecule has 0 unspecified atom stereocenters. The summed E-state index contributed by atoms with van der Waals surface area (Å²) in [6.45, 7) is 5.80. The van der Waals surface area contributed by atoms with Crippen LogP contribution in [0.5, 0.6) is 0 Å². The zero-order valence-corrected chi connectivity index (χ0v) is 19.2. The van der Waals surface area contributed by atoms with Crippen LogP contribution >= 0.6 is 22.9 Å². The molecule has 0 bridgehead atoms. The fourth-order valence-electron chi connectivity index (χ4n) is 3.07. The normalized spacial score (nSPS) is 12.4. The Kier molecular flexibility index (Phi) is 6.34. The minimum atomic E-state index is -0.334. The third-order valence-corrected chi connectivity index (χ3v) is 5.81. The Morgan fingerprint density at radius 1 is 1.03 bits per heavy atom. The molecule has 0 N–H and O–H groups in total. The van der Waals surface area contributed by atoms with E-state index in [0.717, 1.165) is 11.3 Å². The minimum Gasteiger partial charge on any atom is -0.255 e. The summed E-state index contributed by atoms with van der Waals surface area (Å²) in [5.41, 5.74) is 3.55. The van der Waals surface area contributed by atoms with Crippen LogP contribution in [0.1, 0.15) is 25.1 Å². The fraction of sp³-hybridized carbons (Fsp3) is 0.174. The summed E-state index contributed by atoms with van der Waals surface area (Å²) < 4.78 is 29.9. The summed E-state index contributed by atoms with van der Waals surface area (Å²) in [4.78, 5) is 5.35. The summed E-state index contributed by atoms with van der Waals surface area (Å²) >= 11 is 8.04. The lowest BCUT2D eigenvalue weighted by atomic mass is 10.2. The highest BCUT2D eigenvalue weighted by Gasteiger charge is 2.14. The second-order valence-corrected chi connectivity index (χ2v) is 8.56. The van der Waals surface area contributed by atoms with E-state index in [9.17, 15) is 8.78 Å². The van der Waals surface area contributed by atoms with Gasteiger partial charge in [0, 0.05) is 17.0 Å². The van der Waals surface area contributed by atoms with Crippen LogP contribution in [0.4, 0.5) is 8.78 Å². The van der Waals surface area contributed by atoms with Crippen molar-refractivity contribution in [3.05, 3.63) is 86.8 Å².